The number of hydrogen-bond acceptors (Lipinski definition) is 4. The summed E-state index contributed by atoms with van der Waals surface area (Å²) >= 11 is 0. The minimum atomic E-state index is 0.672. The van der Waals surface area contributed by atoms with Crippen LogP contribution in [0.25, 0.3) is 0 Å². The molecular formula is C9H18N4O. The molecule has 0 aliphatic heterocycles. The summed E-state index contributed by atoms with van der Waals surface area (Å²) < 4.78 is 6.76. The zero-order chi connectivity index (χ0) is 10.2. The van der Waals surface area contributed by atoms with E-state index in [9.17, 15) is 0 Å². The van der Waals surface area contributed by atoms with Crippen molar-refractivity contribution in [3.63, 3.8) is 0 Å². The van der Waals surface area contributed by atoms with Gasteiger partial charge in [-0.2, -0.15) is 0 Å². The summed E-state index contributed by atoms with van der Waals surface area (Å²) in [4.78, 5) is 0. The summed E-state index contributed by atoms with van der Waals surface area (Å²) in [5.41, 5.74) is 6.44. The first-order valence-corrected chi connectivity index (χ1v) is 4.95. The van der Waals surface area contributed by atoms with E-state index >= 15 is 0 Å². The Morgan fingerprint density at radius 2 is 2.36 bits per heavy atom. The Morgan fingerprint density at radius 1 is 1.50 bits per heavy atom. The van der Waals surface area contributed by atoms with Gasteiger partial charge < -0.3 is 10.5 Å². The van der Waals surface area contributed by atoms with Crippen molar-refractivity contribution >= 4 is 0 Å². The van der Waals surface area contributed by atoms with Gasteiger partial charge in [0.2, 0.25) is 0 Å². The van der Waals surface area contributed by atoms with Gasteiger partial charge in [0.15, 0.2) is 0 Å². The van der Waals surface area contributed by atoms with Crippen LogP contribution in [0.3, 0.4) is 0 Å². The van der Waals surface area contributed by atoms with E-state index in [1.54, 1.807) is 11.8 Å². The number of hydrogen-bond donors (Lipinski definition) is 1. The van der Waals surface area contributed by atoms with Gasteiger partial charge >= 0.3 is 0 Å². The topological polar surface area (TPSA) is 66.0 Å². The smallest absolute Gasteiger partial charge is 0.0827 e. The van der Waals surface area contributed by atoms with Crippen LogP contribution >= 0.6 is 0 Å². The van der Waals surface area contributed by atoms with Gasteiger partial charge in [-0.1, -0.05) is 5.21 Å². The molecule has 0 atom stereocenters. The zero-order valence-electron chi connectivity index (χ0n) is 8.65. The molecule has 0 aromatic carbocycles. The Kier molecular flexibility index (Phi) is 5.17. The minimum absolute atomic E-state index is 0.672. The first kappa shape index (κ1) is 11.1. The highest BCUT2D eigenvalue weighted by atomic mass is 16.5. The van der Waals surface area contributed by atoms with E-state index < -0.39 is 0 Å². The summed E-state index contributed by atoms with van der Waals surface area (Å²) in [7, 11) is 1.68. The number of unbranched alkanes of at least 4 members (excludes halogenated alkanes) is 1. The Hall–Kier alpha value is -0.940. The lowest BCUT2D eigenvalue weighted by atomic mass is 10.2. The first-order chi connectivity index (χ1) is 6.86. The molecule has 1 aromatic rings. The van der Waals surface area contributed by atoms with Crippen LogP contribution in [0.2, 0.25) is 0 Å². The van der Waals surface area contributed by atoms with Crippen molar-refractivity contribution in [3.05, 3.63) is 11.9 Å². The van der Waals surface area contributed by atoms with Crippen LogP contribution in [0, 0.1) is 0 Å². The second-order valence-corrected chi connectivity index (χ2v) is 3.21. The summed E-state index contributed by atoms with van der Waals surface area (Å²) in [5.74, 6) is 0. The Labute approximate surface area is 84.2 Å². The summed E-state index contributed by atoms with van der Waals surface area (Å²) in [6.45, 7) is 2.18. The highest BCUT2D eigenvalue weighted by molar-refractivity contribution is 4.92. The van der Waals surface area contributed by atoms with E-state index in [1.807, 2.05) is 6.20 Å². The fourth-order valence-electron chi connectivity index (χ4n) is 1.20. The number of nitrogens with two attached hydrogens (primary N) is 1. The van der Waals surface area contributed by atoms with Gasteiger partial charge in [-0.05, 0) is 25.8 Å². The lowest BCUT2D eigenvalue weighted by molar-refractivity contribution is 0.183. The van der Waals surface area contributed by atoms with Crippen LogP contribution in [0.5, 0.6) is 0 Å². The quantitative estimate of drug-likeness (QED) is 0.636. The van der Waals surface area contributed by atoms with E-state index in [-0.39, 0.29) is 0 Å². The molecule has 5 nitrogen and oxygen atoms in total. The van der Waals surface area contributed by atoms with Crippen molar-refractivity contribution in [2.45, 2.75) is 25.8 Å². The molecule has 80 valence electrons. The fraction of sp³-hybridized carbons (Fsp3) is 0.778. The van der Waals surface area contributed by atoms with Crippen LogP contribution < -0.4 is 5.73 Å². The van der Waals surface area contributed by atoms with Crippen LogP contribution in [0.15, 0.2) is 6.20 Å². The van der Waals surface area contributed by atoms with Gasteiger partial charge in [0.25, 0.3) is 0 Å². The first-order valence-electron chi connectivity index (χ1n) is 4.95. The van der Waals surface area contributed by atoms with Gasteiger partial charge in [-0.15, -0.1) is 5.10 Å². The molecule has 1 rings (SSSR count). The molecule has 0 fully saturated rings. The SMILES string of the molecule is COCCn1cc(CCCCN)nn1. The van der Waals surface area contributed by atoms with Crippen molar-refractivity contribution in [2.75, 3.05) is 20.3 Å². The minimum Gasteiger partial charge on any atom is -0.383 e. The van der Waals surface area contributed by atoms with Crippen molar-refractivity contribution in [1.82, 2.24) is 15.0 Å². The van der Waals surface area contributed by atoms with Gasteiger partial charge in [0.1, 0.15) is 0 Å². The summed E-state index contributed by atoms with van der Waals surface area (Å²) in [5, 5.41) is 8.05. The predicted molar refractivity (Wildman–Crippen MR) is 53.9 cm³/mol. The fourth-order valence-corrected chi connectivity index (χ4v) is 1.20. The van der Waals surface area contributed by atoms with E-state index in [0.717, 1.165) is 38.0 Å². The molecule has 0 aliphatic carbocycles. The number of ether oxygens (including phenoxy) is 1. The number of nitrogens with zero attached hydrogens (tertiary/aromatic N) is 3. The van der Waals surface area contributed by atoms with Crippen LogP contribution in [-0.2, 0) is 17.7 Å². The Balaban J connectivity index is 2.27. The lowest BCUT2D eigenvalue weighted by Gasteiger charge is -1.96. The Bertz CT molecular complexity index is 249. The van der Waals surface area contributed by atoms with Crippen LogP contribution in [0.1, 0.15) is 18.5 Å². The van der Waals surface area contributed by atoms with Gasteiger partial charge in [-0.25, -0.2) is 4.68 Å². The molecule has 1 aromatic heterocycles. The second-order valence-electron chi connectivity index (χ2n) is 3.21. The lowest BCUT2D eigenvalue weighted by Crippen LogP contribution is -2.04. The van der Waals surface area contributed by atoms with Crippen LogP contribution in [0.4, 0.5) is 0 Å². The number of rotatable bonds is 7. The maximum absolute atomic E-state index is 5.41. The largest absolute Gasteiger partial charge is 0.383 e. The monoisotopic (exact) mass is 198 g/mol. The van der Waals surface area contributed by atoms with Gasteiger partial charge in [0.05, 0.1) is 18.8 Å². The number of methoxy groups -OCH3 is 1. The van der Waals surface area contributed by atoms with Crippen molar-refractivity contribution < 1.29 is 4.74 Å². The number of aromatic nitrogens is 3. The molecule has 0 saturated carbocycles. The molecule has 5 heteroatoms. The van der Waals surface area contributed by atoms with Gasteiger partial charge in [0, 0.05) is 13.3 Å². The highest BCUT2D eigenvalue weighted by Crippen LogP contribution is 1.99. The molecule has 0 unspecified atom stereocenters. The third-order valence-corrected chi connectivity index (χ3v) is 2.00. The molecule has 0 spiro atoms. The molecule has 0 aliphatic rings. The van der Waals surface area contributed by atoms with Crippen molar-refractivity contribution in [3.8, 4) is 0 Å². The van der Waals surface area contributed by atoms with E-state index in [2.05, 4.69) is 10.3 Å². The molecule has 0 saturated heterocycles. The number of aryl methyl sites for hydroxylation is 1. The highest BCUT2D eigenvalue weighted by Gasteiger charge is 1.99. The second kappa shape index (κ2) is 6.50. The maximum Gasteiger partial charge on any atom is 0.0827 e. The molecule has 0 bridgehead atoms. The van der Waals surface area contributed by atoms with Gasteiger partial charge in [-0.3, -0.25) is 0 Å². The summed E-state index contributed by atoms with van der Waals surface area (Å²) in [6.07, 6.45) is 5.06. The normalized spacial score (nSPS) is 10.7. The molecule has 0 radical (unpaired) electrons. The molecule has 0 amide bonds. The van der Waals surface area contributed by atoms with Crippen LogP contribution in [-0.4, -0.2) is 35.3 Å². The Morgan fingerprint density at radius 3 is 3.07 bits per heavy atom. The average Bonchev–Trinajstić information content (AvgIpc) is 2.63. The predicted octanol–water partition coefficient (Wildman–Crippen LogP) is 0.206. The molecule has 1 heterocycles. The van der Waals surface area contributed by atoms with E-state index in [4.69, 9.17) is 10.5 Å². The van der Waals surface area contributed by atoms with E-state index in [0.29, 0.717) is 6.61 Å². The molecular weight excluding hydrogens is 180 g/mol. The molecule has 2 N–H and O–H groups in total. The summed E-state index contributed by atoms with van der Waals surface area (Å²) in [6, 6.07) is 0. The average molecular weight is 198 g/mol. The maximum atomic E-state index is 5.41. The van der Waals surface area contributed by atoms with Crippen molar-refractivity contribution in [1.29, 1.82) is 0 Å². The zero-order valence-corrected chi connectivity index (χ0v) is 8.65. The third-order valence-electron chi connectivity index (χ3n) is 2.00. The standard InChI is InChI=1S/C9H18N4O/c1-14-7-6-13-8-9(11-12-13)4-2-3-5-10/h8H,2-7,10H2,1H3. The van der Waals surface area contributed by atoms with E-state index in [1.165, 1.54) is 0 Å². The molecule has 14 heavy (non-hydrogen) atoms. The van der Waals surface area contributed by atoms with Crippen molar-refractivity contribution in [2.24, 2.45) is 5.73 Å². The third kappa shape index (κ3) is 3.85.